The Labute approximate surface area is 163 Å². The van der Waals surface area contributed by atoms with Crippen LogP contribution in [0.4, 0.5) is 17.3 Å². The molecule has 2 aromatic rings. The highest BCUT2D eigenvalue weighted by atomic mass is 16.1. The zero-order valence-corrected chi connectivity index (χ0v) is 15.9. The van der Waals surface area contributed by atoms with Crippen LogP contribution in [0, 0.1) is 11.3 Å². The lowest BCUT2D eigenvalue weighted by Gasteiger charge is -2.43. The molecule has 2 heterocycles. The molecule has 0 spiro atoms. The Morgan fingerprint density at radius 1 is 1.21 bits per heavy atom. The van der Waals surface area contributed by atoms with E-state index in [2.05, 4.69) is 11.1 Å². The summed E-state index contributed by atoms with van der Waals surface area (Å²) in [6, 6.07) is 11.8. The minimum atomic E-state index is -0.365. The summed E-state index contributed by atoms with van der Waals surface area (Å²) in [5.74, 6) is 0.433. The van der Waals surface area contributed by atoms with Gasteiger partial charge in [0, 0.05) is 43.3 Å². The molecule has 1 atom stereocenters. The van der Waals surface area contributed by atoms with E-state index in [0.29, 0.717) is 17.8 Å². The predicted molar refractivity (Wildman–Crippen MR) is 108 cm³/mol. The molecular formula is C21H22N6O. The Bertz CT molecular complexity index is 1040. The van der Waals surface area contributed by atoms with Crippen molar-refractivity contribution in [2.75, 3.05) is 30.6 Å². The molecule has 0 saturated heterocycles. The van der Waals surface area contributed by atoms with Crippen LogP contribution in [0.3, 0.4) is 0 Å². The number of Topliss-reactive ketones (excluding diaryl/α,β-unsaturated/α-hetero) is 1. The third-order valence-corrected chi connectivity index (χ3v) is 5.39. The number of ketones is 1. The molecule has 4 rings (SSSR count). The fraction of sp³-hybridized carbons (Fsp3) is 0.286. The number of nitrogens with zero attached hydrogens (tertiary/aromatic N) is 4. The maximum absolute atomic E-state index is 13.1. The van der Waals surface area contributed by atoms with Crippen molar-refractivity contribution < 1.29 is 4.79 Å². The molecular weight excluding hydrogens is 352 g/mol. The van der Waals surface area contributed by atoms with Crippen LogP contribution in [-0.4, -0.2) is 29.9 Å². The normalized spacial score (nSPS) is 18.7. The molecule has 1 unspecified atom stereocenters. The van der Waals surface area contributed by atoms with Crippen molar-refractivity contribution in [1.82, 2.24) is 9.99 Å². The summed E-state index contributed by atoms with van der Waals surface area (Å²) < 4.78 is 0. The number of anilines is 3. The smallest absolute Gasteiger partial charge is 0.161 e. The predicted octanol–water partition coefficient (Wildman–Crippen LogP) is 2.55. The summed E-state index contributed by atoms with van der Waals surface area (Å²) in [5.41, 5.74) is 16.2. The van der Waals surface area contributed by atoms with Crippen LogP contribution in [0.5, 0.6) is 0 Å². The SMILES string of the molecule is CN(C)N1C2=C(C(=O)CCC2)C(c2ccccc2)c2c1nc(N)c(C#N)c2N. The lowest BCUT2D eigenvalue weighted by atomic mass is 9.75. The molecule has 7 nitrogen and oxygen atoms in total. The molecule has 0 bridgehead atoms. The number of carbonyl (C=O) groups is 1. The Balaban J connectivity index is 2.12. The van der Waals surface area contributed by atoms with Crippen LogP contribution in [0.1, 0.15) is 41.9 Å². The summed E-state index contributed by atoms with van der Waals surface area (Å²) >= 11 is 0. The first-order valence-corrected chi connectivity index (χ1v) is 9.23. The Morgan fingerprint density at radius 2 is 1.93 bits per heavy atom. The van der Waals surface area contributed by atoms with Gasteiger partial charge in [-0.05, 0) is 18.4 Å². The van der Waals surface area contributed by atoms with Crippen LogP contribution < -0.4 is 16.5 Å². The second kappa shape index (κ2) is 6.66. The largest absolute Gasteiger partial charge is 0.397 e. The van der Waals surface area contributed by atoms with Crippen LogP contribution >= 0.6 is 0 Å². The number of benzene rings is 1. The molecule has 28 heavy (non-hydrogen) atoms. The van der Waals surface area contributed by atoms with Crippen molar-refractivity contribution in [2.24, 2.45) is 0 Å². The molecule has 4 N–H and O–H groups in total. The molecule has 2 aliphatic rings. The minimum absolute atomic E-state index is 0.101. The van der Waals surface area contributed by atoms with E-state index in [1.165, 1.54) is 0 Å². The average molecular weight is 374 g/mol. The lowest BCUT2D eigenvalue weighted by molar-refractivity contribution is -0.116. The van der Waals surface area contributed by atoms with E-state index in [0.717, 1.165) is 29.7 Å². The Kier molecular flexibility index (Phi) is 4.28. The molecule has 0 fully saturated rings. The maximum atomic E-state index is 13.1. The summed E-state index contributed by atoms with van der Waals surface area (Å²) in [7, 11) is 3.78. The zero-order valence-electron chi connectivity index (χ0n) is 15.9. The van der Waals surface area contributed by atoms with Gasteiger partial charge in [-0.2, -0.15) is 5.26 Å². The summed E-state index contributed by atoms with van der Waals surface area (Å²) in [4.78, 5) is 17.6. The molecule has 0 saturated carbocycles. The summed E-state index contributed by atoms with van der Waals surface area (Å²) in [5, 5.41) is 13.4. The number of nitrogens with two attached hydrogens (primary N) is 2. The summed E-state index contributed by atoms with van der Waals surface area (Å²) in [6.07, 6.45) is 2.07. The second-order valence-electron chi connectivity index (χ2n) is 7.27. The van der Waals surface area contributed by atoms with Gasteiger partial charge in [-0.25, -0.2) is 9.99 Å². The molecule has 1 aliphatic heterocycles. The monoisotopic (exact) mass is 374 g/mol. The first kappa shape index (κ1) is 18.0. The molecule has 1 aromatic heterocycles. The fourth-order valence-electron chi connectivity index (χ4n) is 4.26. The van der Waals surface area contributed by atoms with Crippen LogP contribution in [0.25, 0.3) is 0 Å². The highest BCUT2D eigenvalue weighted by Gasteiger charge is 2.42. The van der Waals surface area contributed by atoms with Crippen molar-refractivity contribution >= 4 is 23.1 Å². The third kappa shape index (κ3) is 2.53. The van der Waals surface area contributed by atoms with E-state index >= 15 is 0 Å². The van der Waals surface area contributed by atoms with Gasteiger partial charge in [-0.15, -0.1) is 0 Å². The first-order valence-electron chi connectivity index (χ1n) is 9.23. The van der Waals surface area contributed by atoms with Gasteiger partial charge >= 0.3 is 0 Å². The highest BCUT2D eigenvalue weighted by molar-refractivity contribution is 6.02. The van der Waals surface area contributed by atoms with Crippen molar-refractivity contribution in [3.05, 3.63) is 58.3 Å². The van der Waals surface area contributed by atoms with Gasteiger partial charge in [-0.1, -0.05) is 30.3 Å². The molecule has 0 radical (unpaired) electrons. The van der Waals surface area contributed by atoms with Gasteiger partial charge in [0.2, 0.25) is 0 Å². The number of rotatable bonds is 2. The molecule has 1 aliphatic carbocycles. The van der Waals surface area contributed by atoms with Gasteiger partial charge in [-0.3, -0.25) is 9.80 Å². The Hall–Kier alpha value is -3.37. The third-order valence-electron chi connectivity index (χ3n) is 5.39. The second-order valence-corrected chi connectivity index (χ2v) is 7.27. The van der Waals surface area contributed by atoms with Gasteiger partial charge in [0.25, 0.3) is 0 Å². The van der Waals surface area contributed by atoms with Crippen molar-refractivity contribution in [2.45, 2.75) is 25.2 Å². The number of hydrogen-bond acceptors (Lipinski definition) is 7. The number of allylic oxidation sites excluding steroid dienone is 2. The van der Waals surface area contributed by atoms with E-state index in [1.54, 1.807) is 0 Å². The van der Waals surface area contributed by atoms with Gasteiger partial charge in [0.05, 0.1) is 5.69 Å². The Morgan fingerprint density at radius 3 is 2.57 bits per heavy atom. The number of hydrazine groups is 1. The van der Waals surface area contributed by atoms with Crippen LogP contribution in [0.2, 0.25) is 0 Å². The number of nitriles is 1. The quantitative estimate of drug-likeness (QED) is 0.830. The van der Waals surface area contributed by atoms with E-state index in [9.17, 15) is 10.1 Å². The summed E-state index contributed by atoms with van der Waals surface area (Å²) in [6.45, 7) is 0. The van der Waals surface area contributed by atoms with Crippen LogP contribution in [-0.2, 0) is 4.79 Å². The van der Waals surface area contributed by atoms with Gasteiger partial charge in [0.1, 0.15) is 17.5 Å². The van der Waals surface area contributed by atoms with Gasteiger partial charge in [0.15, 0.2) is 11.6 Å². The van der Waals surface area contributed by atoms with Crippen LogP contribution in [0.15, 0.2) is 41.6 Å². The van der Waals surface area contributed by atoms with E-state index in [-0.39, 0.29) is 28.8 Å². The number of aromatic nitrogens is 1. The van der Waals surface area contributed by atoms with Gasteiger partial charge < -0.3 is 11.5 Å². The molecule has 7 heteroatoms. The maximum Gasteiger partial charge on any atom is 0.161 e. The van der Waals surface area contributed by atoms with E-state index in [1.807, 2.05) is 54.4 Å². The lowest BCUT2D eigenvalue weighted by Crippen LogP contribution is -2.44. The minimum Gasteiger partial charge on any atom is -0.397 e. The first-order chi connectivity index (χ1) is 13.5. The highest BCUT2D eigenvalue weighted by Crippen LogP contribution is 2.50. The number of carbonyl (C=O) groups excluding carboxylic acids is 1. The topological polar surface area (TPSA) is 112 Å². The fourth-order valence-corrected chi connectivity index (χ4v) is 4.26. The molecule has 142 valence electrons. The standard InChI is InChI=1S/C21H22N6O/c1-26(2)27-14-9-6-10-15(28)17(14)16(12-7-4-3-5-8-12)18-19(23)13(11-22)20(24)25-21(18)27/h3-5,7-8,16H,6,9-10H2,1-2H3,(H4,23,24,25). The van der Waals surface area contributed by atoms with Crippen molar-refractivity contribution in [1.29, 1.82) is 5.26 Å². The number of nitrogen functional groups attached to an aromatic ring is 2. The van der Waals surface area contributed by atoms with E-state index < -0.39 is 0 Å². The number of hydrogen-bond donors (Lipinski definition) is 2. The molecule has 0 amide bonds. The van der Waals surface area contributed by atoms with Crippen molar-refractivity contribution in [3.63, 3.8) is 0 Å². The molecule has 1 aromatic carbocycles. The zero-order chi connectivity index (χ0) is 20.0. The van der Waals surface area contributed by atoms with Crippen molar-refractivity contribution in [3.8, 4) is 6.07 Å². The number of fused-ring (bicyclic) bond motifs is 1. The average Bonchev–Trinajstić information content (AvgIpc) is 2.67. The van der Waals surface area contributed by atoms with E-state index in [4.69, 9.17) is 11.5 Å². The number of pyridine rings is 1.